The van der Waals surface area contributed by atoms with E-state index >= 15 is 0 Å². The minimum absolute atomic E-state index is 0.0628. The Balaban J connectivity index is 1.98. The van der Waals surface area contributed by atoms with E-state index in [-0.39, 0.29) is 12.5 Å². The first-order chi connectivity index (χ1) is 9.36. The molecule has 1 aliphatic rings. The van der Waals surface area contributed by atoms with Crippen LogP contribution in [-0.2, 0) is 15.0 Å². The molecule has 0 saturated heterocycles. The number of rotatable bonds is 6. The summed E-state index contributed by atoms with van der Waals surface area (Å²) in [6.07, 6.45) is 1.17. The maximum absolute atomic E-state index is 12.3. The van der Waals surface area contributed by atoms with Gasteiger partial charge in [0.2, 0.25) is 5.91 Å². The third kappa shape index (κ3) is 3.17. The predicted octanol–water partition coefficient (Wildman–Crippen LogP) is 1.06. The molecular weight excluding hydrogens is 258 g/mol. The maximum atomic E-state index is 12.3. The van der Waals surface area contributed by atoms with Gasteiger partial charge >= 0.3 is 5.97 Å². The molecule has 1 unspecified atom stereocenters. The zero-order valence-electron chi connectivity index (χ0n) is 11.4. The van der Waals surface area contributed by atoms with Crippen LogP contribution in [0.25, 0.3) is 0 Å². The first kappa shape index (κ1) is 14.5. The Bertz CT molecular complexity index is 506. The smallest absolute Gasteiger partial charge is 0.306 e. The van der Waals surface area contributed by atoms with E-state index in [0.29, 0.717) is 0 Å². The number of hydrogen-bond donors (Lipinski definition) is 3. The number of hydrogen-bond acceptors (Lipinski definition) is 3. The fourth-order valence-electron chi connectivity index (χ4n) is 2.36. The average Bonchev–Trinajstić information content (AvgIpc) is 3.17. The van der Waals surface area contributed by atoms with Gasteiger partial charge in [-0.15, -0.1) is 0 Å². The fraction of sp³-hybridized carbons (Fsp3) is 0.467. The van der Waals surface area contributed by atoms with Gasteiger partial charge in [-0.05, 0) is 25.3 Å². The van der Waals surface area contributed by atoms with Crippen molar-refractivity contribution in [3.05, 3.63) is 35.9 Å². The summed E-state index contributed by atoms with van der Waals surface area (Å²) in [5.74, 6) is -1.23. The standard InChI is InChI=1S/C15H19NO4/c1-14(20,9-12(17)18)10-16-13(19)15(7-8-15)11-5-3-2-4-6-11/h2-6,20H,7-10H2,1H3,(H,16,19)(H,17,18). The largest absolute Gasteiger partial charge is 0.481 e. The van der Waals surface area contributed by atoms with Crippen molar-refractivity contribution < 1.29 is 19.8 Å². The quantitative estimate of drug-likeness (QED) is 0.725. The van der Waals surface area contributed by atoms with E-state index in [0.717, 1.165) is 18.4 Å². The zero-order valence-corrected chi connectivity index (χ0v) is 11.4. The Hall–Kier alpha value is -1.88. The monoisotopic (exact) mass is 277 g/mol. The summed E-state index contributed by atoms with van der Waals surface area (Å²) in [5.41, 5.74) is -0.968. The van der Waals surface area contributed by atoms with Gasteiger partial charge < -0.3 is 15.5 Å². The lowest BCUT2D eigenvalue weighted by atomic mass is 9.94. The van der Waals surface area contributed by atoms with E-state index in [9.17, 15) is 14.7 Å². The van der Waals surface area contributed by atoms with Gasteiger partial charge in [0.05, 0.1) is 17.4 Å². The van der Waals surface area contributed by atoms with Gasteiger partial charge in [-0.2, -0.15) is 0 Å². The number of carboxylic acids is 1. The molecule has 0 aliphatic heterocycles. The van der Waals surface area contributed by atoms with Crippen molar-refractivity contribution in [1.29, 1.82) is 0 Å². The van der Waals surface area contributed by atoms with Gasteiger partial charge in [-0.3, -0.25) is 9.59 Å². The Labute approximate surface area is 117 Å². The summed E-state index contributed by atoms with van der Waals surface area (Å²) in [5, 5.41) is 21.3. The lowest BCUT2D eigenvalue weighted by molar-refractivity contribution is -0.142. The SMILES string of the molecule is CC(O)(CNC(=O)C1(c2ccccc2)CC1)CC(=O)O. The molecule has 0 heterocycles. The van der Waals surface area contributed by atoms with E-state index in [1.54, 1.807) is 0 Å². The van der Waals surface area contributed by atoms with Crippen LogP contribution in [0.3, 0.4) is 0 Å². The van der Waals surface area contributed by atoms with Crippen LogP contribution < -0.4 is 5.32 Å². The highest BCUT2D eigenvalue weighted by Crippen LogP contribution is 2.48. The Morgan fingerprint density at radius 3 is 2.40 bits per heavy atom. The van der Waals surface area contributed by atoms with E-state index in [1.165, 1.54) is 6.92 Å². The van der Waals surface area contributed by atoms with Crippen LogP contribution in [0.15, 0.2) is 30.3 Å². The Morgan fingerprint density at radius 1 is 1.30 bits per heavy atom. The molecule has 0 spiro atoms. The number of aliphatic hydroxyl groups is 1. The van der Waals surface area contributed by atoms with Crippen LogP contribution in [0.5, 0.6) is 0 Å². The van der Waals surface area contributed by atoms with E-state index in [2.05, 4.69) is 5.32 Å². The number of carboxylic acid groups (broad SMARTS) is 1. The summed E-state index contributed by atoms with van der Waals surface area (Å²) < 4.78 is 0. The molecule has 1 aliphatic carbocycles. The molecule has 3 N–H and O–H groups in total. The number of aliphatic carboxylic acids is 1. The second-order valence-corrected chi connectivity index (χ2v) is 5.70. The van der Waals surface area contributed by atoms with Gasteiger partial charge in [0.15, 0.2) is 0 Å². The van der Waals surface area contributed by atoms with Crippen LogP contribution in [0.1, 0.15) is 31.7 Å². The molecule has 0 aromatic heterocycles. The summed E-state index contributed by atoms with van der Waals surface area (Å²) in [7, 11) is 0. The van der Waals surface area contributed by atoms with E-state index in [4.69, 9.17) is 5.11 Å². The minimum atomic E-state index is -1.44. The second-order valence-electron chi connectivity index (χ2n) is 5.70. The number of nitrogens with one attached hydrogen (secondary N) is 1. The van der Waals surface area contributed by atoms with Crippen LogP contribution >= 0.6 is 0 Å². The summed E-state index contributed by atoms with van der Waals surface area (Å²) in [6.45, 7) is 1.34. The number of benzene rings is 1. The molecule has 5 nitrogen and oxygen atoms in total. The van der Waals surface area contributed by atoms with Crippen molar-refractivity contribution in [1.82, 2.24) is 5.32 Å². The van der Waals surface area contributed by atoms with Crippen molar-refractivity contribution in [2.75, 3.05) is 6.54 Å². The maximum Gasteiger partial charge on any atom is 0.306 e. The lowest BCUT2D eigenvalue weighted by Gasteiger charge is -2.23. The van der Waals surface area contributed by atoms with Crippen molar-refractivity contribution >= 4 is 11.9 Å². The first-order valence-corrected chi connectivity index (χ1v) is 6.64. The topological polar surface area (TPSA) is 86.6 Å². The van der Waals surface area contributed by atoms with E-state index in [1.807, 2.05) is 30.3 Å². The molecule has 5 heteroatoms. The Kier molecular flexibility index (Phi) is 3.81. The summed E-state index contributed by atoms with van der Waals surface area (Å²) in [6, 6.07) is 9.52. The number of carbonyl (C=O) groups is 2. The first-order valence-electron chi connectivity index (χ1n) is 6.64. The lowest BCUT2D eigenvalue weighted by Crippen LogP contribution is -2.45. The van der Waals surface area contributed by atoms with Crippen molar-refractivity contribution in [3.63, 3.8) is 0 Å². The minimum Gasteiger partial charge on any atom is -0.481 e. The normalized spacial score (nSPS) is 18.9. The van der Waals surface area contributed by atoms with Gasteiger partial charge in [0.1, 0.15) is 0 Å². The van der Waals surface area contributed by atoms with Gasteiger partial charge in [0, 0.05) is 6.54 Å². The molecule has 1 saturated carbocycles. The van der Waals surface area contributed by atoms with Crippen molar-refractivity contribution in [3.8, 4) is 0 Å². The second kappa shape index (κ2) is 5.25. The summed E-state index contributed by atoms with van der Waals surface area (Å²) >= 11 is 0. The van der Waals surface area contributed by atoms with Crippen molar-refractivity contribution in [2.24, 2.45) is 0 Å². The van der Waals surface area contributed by atoms with E-state index < -0.39 is 23.4 Å². The molecule has 1 fully saturated rings. The molecule has 108 valence electrons. The third-order valence-electron chi connectivity index (χ3n) is 3.67. The molecule has 0 bridgehead atoms. The van der Waals surface area contributed by atoms with Gasteiger partial charge in [-0.25, -0.2) is 0 Å². The van der Waals surface area contributed by atoms with Gasteiger partial charge in [-0.1, -0.05) is 30.3 Å². The molecule has 20 heavy (non-hydrogen) atoms. The molecule has 1 aromatic carbocycles. The molecular formula is C15H19NO4. The Morgan fingerprint density at radius 2 is 1.90 bits per heavy atom. The summed E-state index contributed by atoms with van der Waals surface area (Å²) in [4.78, 5) is 22.9. The molecule has 1 aromatic rings. The van der Waals surface area contributed by atoms with Gasteiger partial charge in [0.25, 0.3) is 0 Å². The zero-order chi connectivity index (χ0) is 14.8. The highest BCUT2D eigenvalue weighted by atomic mass is 16.4. The predicted molar refractivity (Wildman–Crippen MR) is 73.2 cm³/mol. The van der Waals surface area contributed by atoms with Crippen LogP contribution in [0.4, 0.5) is 0 Å². The number of carbonyl (C=O) groups excluding carboxylic acids is 1. The highest BCUT2D eigenvalue weighted by Gasteiger charge is 2.51. The number of amides is 1. The molecule has 2 rings (SSSR count). The average molecular weight is 277 g/mol. The molecule has 1 amide bonds. The fourth-order valence-corrected chi connectivity index (χ4v) is 2.36. The van der Waals surface area contributed by atoms with Crippen LogP contribution in [0.2, 0.25) is 0 Å². The molecule has 0 radical (unpaired) electrons. The van der Waals surface area contributed by atoms with Crippen molar-refractivity contribution in [2.45, 2.75) is 37.2 Å². The van der Waals surface area contributed by atoms with Crippen LogP contribution in [-0.4, -0.2) is 34.2 Å². The van der Waals surface area contributed by atoms with Crippen LogP contribution in [0, 0.1) is 0 Å². The highest BCUT2D eigenvalue weighted by molar-refractivity contribution is 5.91. The third-order valence-corrected chi connectivity index (χ3v) is 3.67. The molecule has 1 atom stereocenters.